The van der Waals surface area contributed by atoms with Gasteiger partial charge in [0.25, 0.3) is 5.91 Å². The van der Waals surface area contributed by atoms with Crippen LogP contribution < -0.4 is 5.32 Å². The summed E-state index contributed by atoms with van der Waals surface area (Å²) in [7, 11) is 0. The third-order valence-electron chi connectivity index (χ3n) is 1.84. The van der Waals surface area contributed by atoms with Gasteiger partial charge in [0.1, 0.15) is 5.69 Å². The second kappa shape index (κ2) is 5.11. The minimum atomic E-state index is -0.246. The van der Waals surface area contributed by atoms with Gasteiger partial charge in [-0.25, -0.2) is 4.98 Å². The Labute approximate surface area is 115 Å². The van der Waals surface area contributed by atoms with Crippen LogP contribution in [0, 0.1) is 3.57 Å². The fourth-order valence-corrected chi connectivity index (χ4v) is 2.54. The molecular weight excluding hydrogens is 359 g/mol. The van der Waals surface area contributed by atoms with E-state index < -0.39 is 0 Å². The van der Waals surface area contributed by atoms with Gasteiger partial charge in [-0.15, -0.1) is 11.3 Å². The lowest BCUT2D eigenvalue weighted by molar-refractivity contribution is 0.102. The van der Waals surface area contributed by atoms with Crippen LogP contribution in [-0.2, 0) is 0 Å². The summed E-state index contributed by atoms with van der Waals surface area (Å²) in [6.45, 7) is 0. The fourth-order valence-electron chi connectivity index (χ4n) is 1.10. The summed E-state index contributed by atoms with van der Waals surface area (Å²) in [5, 5.41) is 4.92. The van der Waals surface area contributed by atoms with Crippen molar-refractivity contribution in [2.24, 2.45) is 0 Å². The maximum absolute atomic E-state index is 11.7. The van der Waals surface area contributed by atoms with E-state index in [4.69, 9.17) is 11.6 Å². The minimum Gasteiger partial charge on any atom is -0.319 e. The van der Waals surface area contributed by atoms with E-state index in [1.807, 2.05) is 6.07 Å². The molecule has 0 aliphatic heterocycles. The van der Waals surface area contributed by atoms with Crippen molar-refractivity contribution >= 4 is 57.1 Å². The SMILES string of the molecule is O=C(Nc1ccc(I)cc1Cl)c1cscn1. The number of amides is 1. The first-order valence-electron chi connectivity index (χ1n) is 4.31. The maximum atomic E-state index is 11.7. The molecular formula is C10H6ClIN2OS. The molecule has 0 aliphatic rings. The predicted octanol–water partition coefficient (Wildman–Crippen LogP) is 3.65. The highest BCUT2D eigenvalue weighted by Gasteiger charge is 2.09. The normalized spacial score (nSPS) is 10.1. The van der Waals surface area contributed by atoms with E-state index in [-0.39, 0.29) is 5.91 Å². The summed E-state index contributed by atoms with van der Waals surface area (Å²) < 4.78 is 1.02. The molecule has 0 unspecified atom stereocenters. The molecule has 0 saturated heterocycles. The average molecular weight is 365 g/mol. The van der Waals surface area contributed by atoms with Crippen molar-refractivity contribution in [2.45, 2.75) is 0 Å². The van der Waals surface area contributed by atoms with Gasteiger partial charge in [-0.1, -0.05) is 11.6 Å². The molecule has 16 heavy (non-hydrogen) atoms. The summed E-state index contributed by atoms with van der Waals surface area (Å²) in [5.74, 6) is -0.246. The lowest BCUT2D eigenvalue weighted by atomic mass is 10.3. The highest BCUT2D eigenvalue weighted by Crippen LogP contribution is 2.24. The molecule has 6 heteroatoms. The number of halogens is 2. The van der Waals surface area contributed by atoms with E-state index in [1.165, 1.54) is 11.3 Å². The Bertz CT molecular complexity index is 516. The van der Waals surface area contributed by atoms with Crippen LogP contribution in [0.2, 0.25) is 5.02 Å². The van der Waals surface area contributed by atoms with Crippen molar-refractivity contribution in [3.8, 4) is 0 Å². The van der Waals surface area contributed by atoms with Gasteiger partial charge in [0.15, 0.2) is 0 Å². The van der Waals surface area contributed by atoms with Crippen LogP contribution in [0.4, 0.5) is 5.69 Å². The highest BCUT2D eigenvalue weighted by atomic mass is 127. The zero-order chi connectivity index (χ0) is 11.5. The van der Waals surface area contributed by atoms with Gasteiger partial charge in [-0.3, -0.25) is 4.79 Å². The van der Waals surface area contributed by atoms with Crippen molar-refractivity contribution in [2.75, 3.05) is 5.32 Å². The number of carbonyl (C=O) groups excluding carboxylic acids is 1. The summed E-state index contributed by atoms with van der Waals surface area (Å²) >= 11 is 9.54. The molecule has 0 aliphatic carbocycles. The van der Waals surface area contributed by atoms with Crippen LogP contribution in [0.3, 0.4) is 0 Å². The molecule has 0 saturated carbocycles. The molecule has 82 valence electrons. The molecule has 2 aromatic rings. The Hall–Kier alpha value is -0.660. The second-order valence-electron chi connectivity index (χ2n) is 2.95. The Morgan fingerprint density at radius 2 is 2.31 bits per heavy atom. The number of carbonyl (C=O) groups is 1. The lowest BCUT2D eigenvalue weighted by Crippen LogP contribution is -2.12. The number of aromatic nitrogens is 1. The molecule has 0 radical (unpaired) electrons. The van der Waals surface area contributed by atoms with E-state index in [0.717, 1.165) is 3.57 Å². The number of hydrogen-bond acceptors (Lipinski definition) is 3. The molecule has 1 amide bonds. The van der Waals surface area contributed by atoms with E-state index >= 15 is 0 Å². The van der Waals surface area contributed by atoms with Gasteiger partial charge in [0, 0.05) is 8.95 Å². The molecule has 0 bridgehead atoms. The summed E-state index contributed by atoms with van der Waals surface area (Å²) in [6, 6.07) is 5.44. The number of hydrogen-bond donors (Lipinski definition) is 1. The van der Waals surface area contributed by atoms with Crippen LogP contribution in [0.1, 0.15) is 10.5 Å². The largest absolute Gasteiger partial charge is 0.319 e. The van der Waals surface area contributed by atoms with Crippen LogP contribution in [0.5, 0.6) is 0 Å². The van der Waals surface area contributed by atoms with Crippen molar-refractivity contribution in [3.05, 3.63) is 43.4 Å². The maximum Gasteiger partial charge on any atom is 0.275 e. The van der Waals surface area contributed by atoms with E-state index in [0.29, 0.717) is 16.4 Å². The van der Waals surface area contributed by atoms with Crippen molar-refractivity contribution in [1.29, 1.82) is 0 Å². The van der Waals surface area contributed by atoms with Crippen molar-refractivity contribution in [1.82, 2.24) is 4.98 Å². The van der Waals surface area contributed by atoms with E-state index in [2.05, 4.69) is 32.9 Å². The van der Waals surface area contributed by atoms with Crippen LogP contribution >= 0.6 is 45.5 Å². The Balaban J connectivity index is 2.18. The van der Waals surface area contributed by atoms with Crippen LogP contribution in [-0.4, -0.2) is 10.9 Å². The topological polar surface area (TPSA) is 42.0 Å². The van der Waals surface area contributed by atoms with Gasteiger partial charge in [-0.2, -0.15) is 0 Å². The number of benzene rings is 1. The van der Waals surface area contributed by atoms with Crippen LogP contribution in [0.25, 0.3) is 0 Å². The fraction of sp³-hybridized carbons (Fsp3) is 0. The molecule has 1 N–H and O–H groups in total. The van der Waals surface area contributed by atoms with Crippen molar-refractivity contribution < 1.29 is 4.79 Å². The average Bonchev–Trinajstić information content (AvgIpc) is 2.75. The third-order valence-corrected chi connectivity index (χ3v) is 3.41. The molecule has 0 spiro atoms. The molecule has 1 aromatic carbocycles. The smallest absolute Gasteiger partial charge is 0.275 e. The standard InChI is InChI=1S/C10H6ClIN2OS/c11-7-3-6(12)1-2-8(7)14-10(15)9-4-16-5-13-9/h1-5H,(H,14,15). The summed E-state index contributed by atoms with van der Waals surface area (Å²) in [6.07, 6.45) is 0. The predicted molar refractivity (Wildman–Crippen MR) is 74.2 cm³/mol. The molecule has 0 fully saturated rings. The summed E-state index contributed by atoms with van der Waals surface area (Å²) in [4.78, 5) is 15.6. The Morgan fingerprint density at radius 1 is 1.50 bits per heavy atom. The first-order valence-corrected chi connectivity index (χ1v) is 6.71. The zero-order valence-corrected chi connectivity index (χ0v) is 11.6. The monoisotopic (exact) mass is 364 g/mol. The number of anilines is 1. The first-order chi connectivity index (χ1) is 7.66. The number of rotatable bonds is 2. The van der Waals surface area contributed by atoms with E-state index in [1.54, 1.807) is 23.0 Å². The first kappa shape index (κ1) is 11.8. The number of nitrogens with one attached hydrogen (secondary N) is 1. The highest BCUT2D eigenvalue weighted by molar-refractivity contribution is 14.1. The Kier molecular flexibility index (Phi) is 3.78. The molecule has 3 nitrogen and oxygen atoms in total. The van der Waals surface area contributed by atoms with Crippen LogP contribution in [0.15, 0.2) is 29.1 Å². The molecule has 1 aromatic heterocycles. The van der Waals surface area contributed by atoms with E-state index in [9.17, 15) is 4.79 Å². The lowest BCUT2D eigenvalue weighted by Gasteiger charge is -2.05. The third kappa shape index (κ3) is 2.72. The number of nitrogens with zero attached hydrogens (tertiary/aromatic N) is 1. The minimum absolute atomic E-state index is 0.246. The van der Waals surface area contributed by atoms with Gasteiger partial charge < -0.3 is 5.32 Å². The van der Waals surface area contributed by atoms with Gasteiger partial charge in [0.2, 0.25) is 0 Å². The quantitative estimate of drug-likeness (QED) is 0.827. The number of thiazole rings is 1. The van der Waals surface area contributed by atoms with Gasteiger partial charge in [-0.05, 0) is 40.8 Å². The zero-order valence-electron chi connectivity index (χ0n) is 7.91. The van der Waals surface area contributed by atoms with Crippen molar-refractivity contribution in [3.63, 3.8) is 0 Å². The molecule has 1 heterocycles. The Morgan fingerprint density at radius 3 is 2.94 bits per heavy atom. The summed E-state index contributed by atoms with van der Waals surface area (Å²) in [5.41, 5.74) is 2.62. The van der Waals surface area contributed by atoms with Gasteiger partial charge >= 0.3 is 0 Å². The molecule has 0 atom stereocenters. The van der Waals surface area contributed by atoms with Gasteiger partial charge in [0.05, 0.1) is 16.2 Å². The second-order valence-corrected chi connectivity index (χ2v) is 5.32. The molecule has 2 rings (SSSR count).